The van der Waals surface area contributed by atoms with E-state index in [2.05, 4.69) is 59.4 Å². The molecule has 0 radical (unpaired) electrons. The Morgan fingerprint density at radius 3 is 2.95 bits per heavy atom. The Labute approximate surface area is 130 Å². The second-order valence-corrected chi connectivity index (χ2v) is 6.31. The van der Waals surface area contributed by atoms with Crippen molar-refractivity contribution in [2.24, 2.45) is 5.73 Å². The van der Waals surface area contributed by atoms with Gasteiger partial charge in [0.1, 0.15) is 0 Å². The van der Waals surface area contributed by atoms with E-state index in [-0.39, 0.29) is 0 Å². The van der Waals surface area contributed by atoms with Crippen LogP contribution in [0.4, 0.5) is 0 Å². The molecule has 0 fully saturated rings. The number of aromatic amines is 1. The number of aromatic nitrogens is 1. The Morgan fingerprint density at radius 1 is 1.18 bits per heavy atom. The van der Waals surface area contributed by atoms with Gasteiger partial charge < -0.3 is 15.6 Å². The zero-order valence-electron chi connectivity index (χ0n) is 12.8. The number of fused-ring (bicyclic) bond motifs is 2. The highest BCUT2D eigenvalue weighted by atomic mass is 15.1. The fourth-order valence-electron chi connectivity index (χ4n) is 3.60. The zero-order chi connectivity index (χ0) is 15.1. The zero-order valence-corrected chi connectivity index (χ0v) is 12.8. The molecule has 0 aliphatic carbocycles. The molecule has 1 unspecified atom stereocenters. The summed E-state index contributed by atoms with van der Waals surface area (Å²) < 4.78 is 0. The predicted octanol–water partition coefficient (Wildman–Crippen LogP) is 3.20. The van der Waals surface area contributed by atoms with E-state index < -0.39 is 0 Å². The lowest BCUT2D eigenvalue weighted by Gasteiger charge is -2.33. The average Bonchev–Trinajstić information content (AvgIpc) is 3.00. The van der Waals surface area contributed by atoms with Crippen molar-refractivity contribution in [3.63, 3.8) is 0 Å². The quantitative estimate of drug-likeness (QED) is 0.761. The molecule has 1 aromatic heterocycles. The second-order valence-electron chi connectivity index (χ2n) is 6.31. The van der Waals surface area contributed by atoms with Crippen LogP contribution in [0.25, 0.3) is 10.9 Å². The molecule has 2 aromatic carbocycles. The minimum atomic E-state index is 0.424. The number of benzene rings is 2. The Bertz CT molecular complexity index is 818. The minimum Gasteiger partial charge on any atom is -0.361 e. The van der Waals surface area contributed by atoms with E-state index in [0.717, 1.165) is 13.1 Å². The van der Waals surface area contributed by atoms with Gasteiger partial charge in [0.2, 0.25) is 0 Å². The first-order valence-corrected chi connectivity index (χ1v) is 7.82. The molecule has 1 aliphatic rings. The van der Waals surface area contributed by atoms with Crippen LogP contribution in [0.5, 0.6) is 0 Å². The summed E-state index contributed by atoms with van der Waals surface area (Å²) in [5.74, 6) is 0.424. The highest BCUT2D eigenvalue weighted by Crippen LogP contribution is 2.34. The van der Waals surface area contributed by atoms with Crippen LogP contribution in [0.2, 0.25) is 0 Å². The summed E-state index contributed by atoms with van der Waals surface area (Å²) >= 11 is 0. The molecule has 3 nitrogen and oxygen atoms in total. The standard InChI is InChI=1S/C19H21N3/c1-22-11-16-8-13(10-20)2-5-17(16)18(12-22)15-4-3-14-6-7-21-19(14)9-15/h2-9,18,21H,10-12,20H2,1H3. The number of hydrogen-bond donors (Lipinski definition) is 2. The van der Waals surface area contributed by atoms with Gasteiger partial charge in [0.25, 0.3) is 0 Å². The molecule has 3 heteroatoms. The van der Waals surface area contributed by atoms with E-state index in [1.807, 2.05) is 6.20 Å². The first-order valence-electron chi connectivity index (χ1n) is 7.82. The highest BCUT2D eigenvalue weighted by Gasteiger charge is 2.25. The van der Waals surface area contributed by atoms with Gasteiger partial charge in [0.15, 0.2) is 0 Å². The fourth-order valence-corrected chi connectivity index (χ4v) is 3.60. The molecule has 3 aromatic rings. The Hall–Kier alpha value is -2.10. The third kappa shape index (κ3) is 2.23. The maximum absolute atomic E-state index is 5.80. The van der Waals surface area contributed by atoms with Gasteiger partial charge in [-0.15, -0.1) is 0 Å². The third-order valence-corrected chi connectivity index (χ3v) is 4.73. The van der Waals surface area contributed by atoms with Crippen molar-refractivity contribution in [2.75, 3.05) is 13.6 Å². The molecule has 0 bridgehead atoms. The number of nitrogens with zero attached hydrogens (tertiary/aromatic N) is 1. The number of rotatable bonds is 2. The molecule has 1 atom stereocenters. The summed E-state index contributed by atoms with van der Waals surface area (Å²) in [6.45, 7) is 2.67. The second kappa shape index (κ2) is 5.27. The molecule has 0 amide bonds. The minimum absolute atomic E-state index is 0.424. The molecule has 0 saturated carbocycles. The summed E-state index contributed by atoms with van der Waals surface area (Å²) in [6.07, 6.45) is 2.00. The first kappa shape index (κ1) is 13.6. The lowest BCUT2D eigenvalue weighted by atomic mass is 9.84. The van der Waals surface area contributed by atoms with Gasteiger partial charge in [-0.1, -0.05) is 30.3 Å². The molecule has 112 valence electrons. The Morgan fingerprint density at radius 2 is 2.09 bits per heavy atom. The number of nitrogens with two attached hydrogens (primary N) is 1. The van der Waals surface area contributed by atoms with E-state index in [9.17, 15) is 0 Å². The van der Waals surface area contributed by atoms with Crippen LogP contribution >= 0.6 is 0 Å². The van der Waals surface area contributed by atoms with Crippen molar-refractivity contribution in [1.82, 2.24) is 9.88 Å². The normalized spacial score (nSPS) is 18.5. The molecule has 0 spiro atoms. The van der Waals surface area contributed by atoms with Gasteiger partial charge in [-0.2, -0.15) is 0 Å². The van der Waals surface area contributed by atoms with Gasteiger partial charge in [-0.25, -0.2) is 0 Å². The van der Waals surface area contributed by atoms with Crippen molar-refractivity contribution in [3.8, 4) is 0 Å². The van der Waals surface area contributed by atoms with Crippen LogP contribution in [0.15, 0.2) is 48.7 Å². The van der Waals surface area contributed by atoms with Crippen LogP contribution in [-0.2, 0) is 13.1 Å². The number of likely N-dealkylation sites (N-methyl/N-ethyl adjacent to an activating group) is 1. The van der Waals surface area contributed by atoms with Crippen molar-refractivity contribution in [1.29, 1.82) is 0 Å². The predicted molar refractivity (Wildman–Crippen MR) is 90.8 cm³/mol. The van der Waals surface area contributed by atoms with Gasteiger partial charge >= 0.3 is 0 Å². The summed E-state index contributed by atoms with van der Waals surface area (Å²) in [5.41, 5.74) is 12.5. The first-order chi connectivity index (χ1) is 10.7. The van der Waals surface area contributed by atoms with Crippen molar-refractivity contribution < 1.29 is 0 Å². The van der Waals surface area contributed by atoms with Gasteiger partial charge in [-0.3, -0.25) is 0 Å². The Balaban J connectivity index is 1.81. The summed E-state index contributed by atoms with van der Waals surface area (Å²) in [4.78, 5) is 5.72. The van der Waals surface area contributed by atoms with Crippen LogP contribution in [-0.4, -0.2) is 23.5 Å². The SMILES string of the molecule is CN1Cc2cc(CN)ccc2C(c2ccc3cc[nH]c3c2)C1. The number of hydrogen-bond acceptors (Lipinski definition) is 2. The smallest absolute Gasteiger partial charge is 0.0456 e. The summed E-state index contributed by atoms with van der Waals surface area (Å²) in [6, 6.07) is 15.6. The molecular weight excluding hydrogens is 270 g/mol. The molecule has 0 saturated heterocycles. The van der Waals surface area contributed by atoms with E-state index in [0.29, 0.717) is 12.5 Å². The molecule has 2 heterocycles. The monoisotopic (exact) mass is 291 g/mol. The molecular formula is C19H21N3. The van der Waals surface area contributed by atoms with Crippen LogP contribution in [0.3, 0.4) is 0 Å². The topological polar surface area (TPSA) is 45.0 Å². The van der Waals surface area contributed by atoms with E-state index in [1.54, 1.807) is 0 Å². The van der Waals surface area contributed by atoms with Crippen LogP contribution in [0, 0.1) is 0 Å². The van der Waals surface area contributed by atoms with Gasteiger partial charge in [-0.05, 0) is 46.8 Å². The number of H-pyrrole nitrogens is 1. The Kier molecular flexibility index (Phi) is 3.25. The molecule has 4 rings (SSSR count). The summed E-state index contributed by atoms with van der Waals surface area (Å²) in [7, 11) is 2.19. The van der Waals surface area contributed by atoms with Crippen molar-refractivity contribution in [3.05, 3.63) is 70.9 Å². The largest absolute Gasteiger partial charge is 0.361 e. The van der Waals surface area contributed by atoms with Crippen molar-refractivity contribution in [2.45, 2.75) is 19.0 Å². The number of nitrogens with one attached hydrogen (secondary N) is 1. The van der Waals surface area contributed by atoms with Crippen LogP contribution in [0.1, 0.15) is 28.2 Å². The van der Waals surface area contributed by atoms with E-state index in [1.165, 1.54) is 33.2 Å². The summed E-state index contributed by atoms with van der Waals surface area (Å²) in [5, 5.41) is 1.27. The molecule has 22 heavy (non-hydrogen) atoms. The van der Waals surface area contributed by atoms with Gasteiger partial charge in [0, 0.05) is 37.3 Å². The molecule has 1 aliphatic heterocycles. The fraction of sp³-hybridized carbons (Fsp3) is 0.263. The van der Waals surface area contributed by atoms with E-state index >= 15 is 0 Å². The lowest BCUT2D eigenvalue weighted by molar-refractivity contribution is 0.295. The maximum Gasteiger partial charge on any atom is 0.0456 e. The van der Waals surface area contributed by atoms with Gasteiger partial charge in [0.05, 0.1) is 0 Å². The third-order valence-electron chi connectivity index (χ3n) is 4.73. The van der Waals surface area contributed by atoms with Crippen LogP contribution < -0.4 is 5.73 Å². The lowest BCUT2D eigenvalue weighted by Crippen LogP contribution is -2.31. The van der Waals surface area contributed by atoms with E-state index in [4.69, 9.17) is 5.73 Å². The maximum atomic E-state index is 5.80. The molecule has 3 N–H and O–H groups in total. The average molecular weight is 291 g/mol. The highest BCUT2D eigenvalue weighted by molar-refractivity contribution is 5.80. The van der Waals surface area contributed by atoms with Crippen molar-refractivity contribution >= 4 is 10.9 Å².